The number of aliphatic hydroxyl groups excluding tert-OH is 1. The first-order chi connectivity index (χ1) is 12.2. The Balaban J connectivity index is 0.000000273. The highest BCUT2D eigenvalue weighted by molar-refractivity contribution is 5.68. The van der Waals surface area contributed by atoms with Gasteiger partial charge in [0.2, 0.25) is 0 Å². The fraction of sp³-hybridized carbons (Fsp3) is 0.579. The number of ether oxygens (including phenoxy) is 2. The molecule has 1 atom stereocenters. The van der Waals surface area contributed by atoms with Gasteiger partial charge in [0.15, 0.2) is 0 Å². The van der Waals surface area contributed by atoms with Gasteiger partial charge < -0.3 is 25.2 Å². The molecule has 0 aliphatic carbocycles. The molecule has 2 amide bonds. The van der Waals surface area contributed by atoms with Crippen LogP contribution in [0.4, 0.5) is 9.59 Å². The molecule has 0 spiro atoms. The van der Waals surface area contributed by atoms with Gasteiger partial charge in [0.25, 0.3) is 0 Å². The van der Waals surface area contributed by atoms with E-state index in [1.54, 1.807) is 4.90 Å². The lowest BCUT2D eigenvalue weighted by Gasteiger charge is -2.28. The second kappa shape index (κ2) is 10.7. The van der Waals surface area contributed by atoms with Crippen molar-refractivity contribution in [2.24, 2.45) is 5.73 Å². The normalized spacial score (nSPS) is 16.5. The minimum Gasteiger partial charge on any atom is -0.445 e. The summed E-state index contributed by atoms with van der Waals surface area (Å²) in [4.78, 5) is 23.7. The maximum atomic E-state index is 11.8. The fourth-order valence-electron chi connectivity index (χ4n) is 2.57. The third-order valence-corrected chi connectivity index (χ3v) is 3.69. The van der Waals surface area contributed by atoms with E-state index in [0.717, 1.165) is 24.9 Å². The van der Waals surface area contributed by atoms with Gasteiger partial charge in [-0.2, -0.15) is 0 Å². The summed E-state index contributed by atoms with van der Waals surface area (Å²) in [5.41, 5.74) is 5.27. The average Bonchev–Trinajstić information content (AvgIpc) is 3.02. The topological polar surface area (TPSA) is 102 Å². The van der Waals surface area contributed by atoms with Crippen molar-refractivity contribution in [3.05, 3.63) is 35.9 Å². The smallest absolute Gasteiger partial charge is 0.410 e. The van der Waals surface area contributed by atoms with Crippen LogP contribution in [0.1, 0.15) is 45.6 Å². The first-order valence-electron chi connectivity index (χ1n) is 8.79. The van der Waals surface area contributed by atoms with E-state index in [0.29, 0.717) is 6.42 Å². The highest BCUT2D eigenvalue weighted by atomic mass is 16.6. The molecule has 1 fully saturated rings. The molecule has 1 aliphatic rings. The molecule has 2 rings (SSSR count). The molecular formula is C19H30N2O5. The monoisotopic (exact) mass is 366 g/mol. The molecule has 0 radical (unpaired) electrons. The Hall–Kier alpha value is -2.28. The van der Waals surface area contributed by atoms with Crippen molar-refractivity contribution in [2.75, 3.05) is 13.2 Å². The zero-order valence-electron chi connectivity index (χ0n) is 15.8. The molecule has 7 nitrogen and oxygen atoms in total. The third-order valence-electron chi connectivity index (χ3n) is 3.69. The van der Waals surface area contributed by atoms with Gasteiger partial charge in [-0.15, -0.1) is 0 Å². The van der Waals surface area contributed by atoms with E-state index in [9.17, 15) is 9.59 Å². The van der Waals surface area contributed by atoms with Gasteiger partial charge in [0.05, 0.1) is 0 Å². The van der Waals surface area contributed by atoms with Crippen molar-refractivity contribution in [1.29, 1.82) is 0 Å². The van der Waals surface area contributed by atoms with Crippen LogP contribution in [0.5, 0.6) is 0 Å². The summed E-state index contributed by atoms with van der Waals surface area (Å²) in [6.07, 6.45) is 1.63. The molecule has 0 saturated carbocycles. The van der Waals surface area contributed by atoms with Crippen molar-refractivity contribution in [3.63, 3.8) is 0 Å². The van der Waals surface area contributed by atoms with Crippen LogP contribution in [0, 0.1) is 0 Å². The summed E-state index contributed by atoms with van der Waals surface area (Å²) in [5, 5.41) is 8.88. The molecule has 7 heteroatoms. The van der Waals surface area contributed by atoms with Crippen LogP contribution in [0.3, 0.4) is 0 Å². The number of primary amides is 1. The predicted molar refractivity (Wildman–Crippen MR) is 98.5 cm³/mol. The second-order valence-corrected chi connectivity index (χ2v) is 7.08. The van der Waals surface area contributed by atoms with Crippen LogP contribution >= 0.6 is 0 Å². The molecular weight excluding hydrogens is 336 g/mol. The van der Waals surface area contributed by atoms with Crippen LogP contribution in [-0.4, -0.2) is 47.0 Å². The fourth-order valence-corrected chi connectivity index (χ4v) is 2.57. The van der Waals surface area contributed by atoms with Crippen LogP contribution in [0.15, 0.2) is 30.3 Å². The standard InChI is InChI=1S/C11H21NO3.C8H9NO2/c1-11(2,3)15-10(14)12-7-4-5-9(12)6-8-13;9-8(10)11-6-7-4-2-1-3-5-7/h9,13H,4-8H2,1-3H3;1-5H,6H2,(H2,9,10). The quantitative estimate of drug-likeness (QED) is 0.853. The van der Waals surface area contributed by atoms with Gasteiger partial charge in [-0.25, -0.2) is 9.59 Å². The Morgan fingerprint density at radius 3 is 2.46 bits per heavy atom. The number of likely N-dealkylation sites (tertiary alicyclic amines) is 1. The number of carbonyl (C=O) groups is 2. The summed E-state index contributed by atoms with van der Waals surface area (Å²) in [6, 6.07) is 9.53. The maximum absolute atomic E-state index is 11.8. The van der Waals surface area contributed by atoms with Crippen molar-refractivity contribution >= 4 is 12.2 Å². The number of benzene rings is 1. The first kappa shape index (κ1) is 21.8. The van der Waals surface area contributed by atoms with Crippen LogP contribution < -0.4 is 5.73 Å². The number of carbonyl (C=O) groups excluding carboxylic acids is 2. The average molecular weight is 366 g/mol. The molecule has 3 N–H and O–H groups in total. The summed E-state index contributed by atoms with van der Waals surface area (Å²) >= 11 is 0. The summed E-state index contributed by atoms with van der Waals surface area (Å²) in [6.45, 7) is 6.71. The lowest BCUT2D eigenvalue weighted by atomic mass is 10.1. The molecule has 26 heavy (non-hydrogen) atoms. The first-order valence-corrected chi connectivity index (χ1v) is 8.79. The second-order valence-electron chi connectivity index (χ2n) is 7.08. The molecule has 1 aromatic rings. The van der Waals surface area contributed by atoms with Gasteiger partial charge in [-0.1, -0.05) is 30.3 Å². The summed E-state index contributed by atoms with van der Waals surface area (Å²) in [7, 11) is 0. The Morgan fingerprint density at radius 1 is 1.27 bits per heavy atom. The number of hydrogen-bond donors (Lipinski definition) is 2. The van der Waals surface area contributed by atoms with Gasteiger partial charge in [0, 0.05) is 19.2 Å². The zero-order valence-corrected chi connectivity index (χ0v) is 15.8. The van der Waals surface area contributed by atoms with E-state index in [4.69, 9.17) is 15.6 Å². The van der Waals surface area contributed by atoms with E-state index >= 15 is 0 Å². The molecule has 0 aromatic heterocycles. The van der Waals surface area contributed by atoms with Crippen molar-refractivity contribution < 1.29 is 24.2 Å². The zero-order chi connectivity index (χ0) is 19.6. The largest absolute Gasteiger partial charge is 0.445 e. The van der Waals surface area contributed by atoms with E-state index in [2.05, 4.69) is 4.74 Å². The van der Waals surface area contributed by atoms with Gasteiger partial charge in [-0.3, -0.25) is 0 Å². The number of hydrogen-bond acceptors (Lipinski definition) is 5. The van der Waals surface area contributed by atoms with E-state index in [1.165, 1.54) is 0 Å². The molecule has 1 saturated heterocycles. The third kappa shape index (κ3) is 8.71. The lowest BCUT2D eigenvalue weighted by Crippen LogP contribution is -2.40. The Labute approximate surface area is 155 Å². The Bertz CT molecular complexity index is 557. The van der Waals surface area contributed by atoms with E-state index < -0.39 is 11.7 Å². The van der Waals surface area contributed by atoms with E-state index in [-0.39, 0.29) is 25.3 Å². The molecule has 1 aromatic carbocycles. The summed E-state index contributed by atoms with van der Waals surface area (Å²) in [5.74, 6) is 0. The number of nitrogens with zero attached hydrogens (tertiary/aromatic N) is 1. The molecule has 1 aliphatic heterocycles. The summed E-state index contributed by atoms with van der Waals surface area (Å²) < 4.78 is 9.87. The Kier molecular flexibility index (Phi) is 8.92. The van der Waals surface area contributed by atoms with E-state index in [1.807, 2.05) is 51.1 Å². The molecule has 1 unspecified atom stereocenters. The molecule has 1 heterocycles. The van der Waals surface area contributed by atoms with Gasteiger partial charge in [-0.05, 0) is 45.6 Å². The maximum Gasteiger partial charge on any atom is 0.410 e. The van der Waals surface area contributed by atoms with Crippen molar-refractivity contribution in [2.45, 2.75) is 58.3 Å². The highest BCUT2D eigenvalue weighted by Crippen LogP contribution is 2.22. The minimum atomic E-state index is -0.742. The Morgan fingerprint density at radius 2 is 1.92 bits per heavy atom. The SMILES string of the molecule is CC(C)(C)OC(=O)N1CCCC1CCO.NC(=O)OCc1ccccc1. The number of aliphatic hydroxyl groups is 1. The minimum absolute atomic E-state index is 0.129. The molecule has 0 bridgehead atoms. The van der Waals surface area contributed by atoms with Crippen LogP contribution in [0.2, 0.25) is 0 Å². The number of amides is 2. The van der Waals surface area contributed by atoms with Crippen LogP contribution in [-0.2, 0) is 16.1 Å². The van der Waals surface area contributed by atoms with Crippen LogP contribution in [0.25, 0.3) is 0 Å². The van der Waals surface area contributed by atoms with Gasteiger partial charge >= 0.3 is 12.2 Å². The lowest BCUT2D eigenvalue weighted by molar-refractivity contribution is 0.0209. The van der Waals surface area contributed by atoms with Gasteiger partial charge in [0.1, 0.15) is 12.2 Å². The van der Waals surface area contributed by atoms with Crippen molar-refractivity contribution in [1.82, 2.24) is 4.90 Å². The number of rotatable bonds is 4. The predicted octanol–water partition coefficient (Wildman–Crippen LogP) is 3.05. The molecule has 146 valence electrons. The van der Waals surface area contributed by atoms with Crippen molar-refractivity contribution in [3.8, 4) is 0 Å². The number of nitrogens with two attached hydrogens (primary N) is 1. The highest BCUT2D eigenvalue weighted by Gasteiger charge is 2.31.